The van der Waals surface area contributed by atoms with Crippen molar-refractivity contribution in [1.82, 2.24) is 4.98 Å². The minimum absolute atomic E-state index is 0.251. The molecule has 0 aliphatic rings. The van der Waals surface area contributed by atoms with E-state index in [9.17, 15) is 4.79 Å². The van der Waals surface area contributed by atoms with Crippen LogP contribution in [0.15, 0.2) is 33.6 Å². The van der Waals surface area contributed by atoms with E-state index in [4.69, 9.17) is 4.42 Å². The number of anilines is 1. The molecule has 1 aromatic heterocycles. The number of aromatic nitrogens is 1. The molecule has 0 saturated carbocycles. The van der Waals surface area contributed by atoms with Crippen molar-refractivity contribution in [3.63, 3.8) is 0 Å². The fourth-order valence-electron chi connectivity index (χ4n) is 1.84. The SMILES string of the molecule is CCSc1ccccc1NC(=O)c1oc(CC)nc1C. The fourth-order valence-corrected chi connectivity index (χ4v) is 2.60. The Hall–Kier alpha value is -1.75. The molecule has 0 unspecified atom stereocenters. The van der Waals surface area contributed by atoms with Crippen molar-refractivity contribution in [3.8, 4) is 0 Å². The van der Waals surface area contributed by atoms with Gasteiger partial charge in [0.25, 0.3) is 5.91 Å². The second-order valence-electron chi connectivity index (χ2n) is 4.26. The van der Waals surface area contributed by atoms with Crippen LogP contribution < -0.4 is 5.32 Å². The van der Waals surface area contributed by atoms with E-state index in [0.717, 1.165) is 16.3 Å². The highest BCUT2D eigenvalue weighted by molar-refractivity contribution is 7.99. The summed E-state index contributed by atoms with van der Waals surface area (Å²) in [5, 5.41) is 2.90. The van der Waals surface area contributed by atoms with Crippen molar-refractivity contribution in [2.75, 3.05) is 11.1 Å². The number of para-hydroxylation sites is 1. The molecule has 1 aromatic carbocycles. The Morgan fingerprint density at radius 3 is 2.75 bits per heavy atom. The van der Waals surface area contributed by atoms with Gasteiger partial charge in [0.05, 0.1) is 11.4 Å². The van der Waals surface area contributed by atoms with Gasteiger partial charge < -0.3 is 9.73 Å². The number of oxazole rings is 1. The van der Waals surface area contributed by atoms with E-state index in [1.165, 1.54) is 0 Å². The number of rotatable bonds is 5. The number of hydrogen-bond acceptors (Lipinski definition) is 4. The molecule has 1 heterocycles. The van der Waals surface area contributed by atoms with Crippen molar-refractivity contribution >= 4 is 23.4 Å². The van der Waals surface area contributed by atoms with Gasteiger partial charge in [0, 0.05) is 11.3 Å². The maximum absolute atomic E-state index is 12.3. The zero-order valence-electron chi connectivity index (χ0n) is 11.9. The number of carbonyl (C=O) groups excluding carboxylic acids is 1. The molecule has 20 heavy (non-hydrogen) atoms. The third-order valence-corrected chi connectivity index (χ3v) is 3.74. The Kier molecular flexibility index (Phi) is 4.84. The number of amides is 1. The van der Waals surface area contributed by atoms with Crippen molar-refractivity contribution in [2.45, 2.75) is 32.1 Å². The first kappa shape index (κ1) is 14.7. The zero-order chi connectivity index (χ0) is 14.5. The van der Waals surface area contributed by atoms with Crippen molar-refractivity contribution < 1.29 is 9.21 Å². The molecule has 106 valence electrons. The lowest BCUT2D eigenvalue weighted by Gasteiger charge is -2.08. The quantitative estimate of drug-likeness (QED) is 0.848. The summed E-state index contributed by atoms with van der Waals surface area (Å²) < 4.78 is 5.47. The van der Waals surface area contributed by atoms with Crippen molar-refractivity contribution in [2.24, 2.45) is 0 Å². The summed E-state index contributed by atoms with van der Waals surface area (Å²) in [5.41, 5.74) is 1.43. The highest BCUT2D eigenvalue weighted by atomic mass is 32.2. The predicted molar refractivity (Wildman–Crippen MR) is 81.4 cm³/mol. The average Bonchev–Trinajstić information content (AvgIpc) is 2.82. The number of aryl methyl sites for hydroxylation is 2. The molecule has 0 aliphatic heterocycles. The Morgan fingerprint density at radius 1 is 1.35 bits per heavy atom. The summed E-state index contributed by atoms with van der Waals surface area (Å²) in [6.45, 7) is 5.81. The molecule has 0 fully saturated rings. The molecular formula is C15H18N2O2S. The van der Waals surface area contributed by atoms with Gasteiger partial charge >= 0.3 is 0 Å². The first-order valence-corrected chi connectivity index (χ1v) is 7.63. The molecule has 2 rings (SSSR count). The second-order valence-corrected chi connectivity index (χ2v) is 5.56. The minimum Gasteiger partial charge on any atom is -0.435 e. The van der Waals surface area contributed by atoms with Crippen LogP contribution >= 0.6 is 11.8 Å². The normalized spacial score (nSPS) is 10.6. The molecule has 1 amide bonds. The maximum Gasteiger partial charge on any atom is 0.293 e. The van der Waals surface area contributed by atoms with Crippen molar-refractivity contribution in [3.05, 3.63) is 41.6 Å². The smallest absolute Gasteiger partial charge is 0.293 e. The number of hydrogen-bond donors (Lipinski definition) is 1. The maximum atomic E-state index is 12.3. The highest BCUT2D eigenvalue weighted by Gasteiger charge is 2.17. The molecule has 5 heteroatoms. The lowest BCUT2D eigenvalue weighted by atomic mass is 10.3. The second kappa shape index (κ2) is 6.61. The zero-order valence-corrected chi connectivity index (χ0v) is 12.7. The molecular weight excluding hydrogens is 272 g/mol. The van der Waals surface area contributed by atoms with E-state index in [2.05, 4.69) is 17.2 Å². The van der Waals surface area contributed by atoms with Gasteiger partial charge in [-0.2, -0.15) is 0 Å². The average molecular weight is 290 g/mol. The summed E-state index contributed by atoms with van der Waals surface area (Å²) in [5.74, 6) is 1.58. The monoisotopic (exact) mass is 290 g/mol. The number of benzene rings is 1. The van der Waals surface area contributed by atoms with E-state index in [-0.39, 0.29) is 11.7 Å². The van der Waals surface area contributed by atoms with Crippen LogP contribution in [0.4, 0.5) is 5.69 Å². The minimum atomic E-state index is -0.251. The molecule has 0 radical (unpaired) electrons. The number of nitrogens with one attached hydrogen (secondary N) is 1. The third-order valence-electron chi connectivity index (χ3n) is 2.78. The van der Waals surface area contributed by atoms with Gasteiger partial charge in [-0.1, -0.05) is 26.0 Å². The third kappa shape index (κ3) is 3.22. The van der Waals surface area contributed by atoms with Crippen LogP contribution in [-0.2, 0) is 6.42 Å². The Morgan fingerprint density at radius 2 is 2.10 bits per heavy atom. The van der Waals surface area contributed by atoms with E-state index < -0.39 is 0 Å². The molecule has 1 N–H and O–H groups in total. The van der Waals surface area contributed by atoms with Gasteiger partial charge in [0.1, 0.15) is 0 Å². The Bertz CT molecular complexity index is 608. The molecule has 0 bridgehead atoms. The number of thioether (sulfide) groups is 1. The van der Waals surface area contributed by atoms with Crippen molar-refractivity contribution in [1.29, 1.82) is 0 Å². The topological polar surface area (TPSA) is 55.1 Å². The van der Waals surface area contributed by atoms with E-state index in [0.29, 0.717) is 18.0 Å². The molecule has 2 aromatic rings. The van der Waals surface area contributed by atoms with Crippen LogP contribution in [0.1, 0.15) is 36.0 Å². The van der Waals surface area contributed by atoms with Gasteiger partial charge in [-0.15, -0.1) is 11.8 Å². The summed E-state index contributed by atoms with van der Waals surface area (Å²) in [7, 11) is 0. The number of carbonyl (C=O) groups is 1. The van der Waals surface area contributed by atoms with Gasteiger partial charge in [-0.3, -0.25) is 4.79 Å². The number of nitrogens with zero attached hydrogens (tertiary/aromatic N) is 1. The standard InChI is InChI=1S/C15H18N2O2S/c1-4-13-16-10(3)14(19-13)15(18)17-11-8-6-7-9-12(11)20-5-2/h6-9H,4-5H2,1-3H3,(H,17,18). The first-order valence-electron chi connectivity index (χ1n) is 6.65. The van der Waals surface area contributed by atoms with E-state index in [1.807, 2.05) is 31.2 Å². The lowest BCUT2D eigenvalue weighted by molar-refractivity contribution is 0.0994. The first-order chi connectivity index (χ1) is 9.65. The van der Waals surface area contributed by atoms with Gasteiger partial charge in [-0.05, 0) is 24.8 Å². The summed E-state index contributed by atoms with van der Waals surface area (Å²) >= 11 is 1.69. The molecule has 4 nitrogen and oxygen atoms in total. The Labute approximate surface area is 123 Å². The van der Waals surface area contributed by atoms with E-state index in [1.54, 1.807) is 18.7 Å². The van der Waals surface area contributed by atoms with Gasteiger partial charge in [0.15, 0.2) is 5.89 Å². The largest absolute Gasteiger partial charge is 0.435 e. The fraction of sp³-hybridized carbons (Fsp3) is 0.333. The van der Waals surface area contributed by atoms with E-state index >= 15 is 0 Å². The summed E-state index contributed by atoms with van der Waals surface area (Å²) in [4.78, 5) is 17.5. The van der Waals surface area contributed by atoms with Crippen LogP contribution in [-0.4, -0.2) is 16.6 Å². The van der Waals surface area contributed by atoms with Crippen LogP contribution in [0.2, 0.25) is 0 Å². The van der Waals surface area contributed by atoms with Crippen LogP contribution in [0, 0.1) is 6.92 Å². The Balaban J connectivity index is 2.21. The lowest BCUT2D eigenvalue weighted by Crippen LogP contribution is -2.12. The van der Waals surface area contributed by atoms with Crippen LogP contribution in [0.5, 0.6) is 0 Å². The van der Waals surface area contributed by atoms with Crippen LogP contribution in [0.3, 0.4) is 0 Å². The summed E-state index contributed by atoms with van der Waals surface area (Å²) in [6.07, 6.45) is 0.677. The van der Waals surface area contributed by atoms with Crippen LogP contribution in [0.25, 0.3) is 0 Å². The molecule has 0 aliphatic carbocycles. The highest BCUT2D eigenvalue weighted by Crippen LogP contribution is 2.27. The molecule has 0 saturated heterocycles. The van der Waals surface area contributed by atoms with Gasteiger partial charge in [0.2, 0.25) is 5.76 Å². The van der Waals surface area contributed by atoms with Gasteiger partial charge in [-0.25, -0.2) is 4.98 Å². The molecule has 0 atom stereocenters. The molecule has 0 spiro atoms. The predicted octanol–water partition coefficient (Wildman–Crippen LogP) is 3.91. The summed E-state index contributed by atoms with van der Waals surface area (Å²) in [6, 6.07) is 7.75.